The Morgan fingerprint density at radius 1 is 1.14 bits per heavy atom. The van der Waals surface area contributed by atoms with Gasteiger partial charge in [0, 0.05) is 43.5 Å². The van der Waals surface area contributed by atoms with E-state index in [-0.39, 0.29) is 12.5 Å². The van der Waals surface area contributed by atoms with Crippen LogP contribution in [-0.2, 0) is 11.3 Å². The van der Waals surface area contributed by atoms with Crippen molar-refractivity contribution in [2.45, 2.75) is 27.3 Å². The molecule has 1 amide bonds. The highest BCUT2D eigenvalue weighted by atomic mass is 19.1. The van der Waals surface area contributed by atoms with E-state index in [1.165, 1.54) is 12.1 Å². The van der Waals surface area contributed by atoms with Gasteiger partial charge in [0.1, 0.15) is 17.3 Å². The van der Waals surface area contributed by atoms with Crippen molar-refractivity contribution in [1.29, 1.82) is 0 Å². The molecule has 5 nitrogen and oxygen atoms in total. The predicted molar refractivity (Wildman–Crippen MR) is 104 cm³/mol. The Kier molecular flexibility index (Phi) is 6.46. The summed E-state index contributed by atoms with van der Waals surface area (Å²) >= 11 is 0. The molecule has 1 N–H and O–H groups in total. The van der Waals surface area contributed by atoms with Crippen molar-refractivity contribution in [2.24, 2.45) is 0 Å². The molecule has 0 aliphatic carbocycles. The summed E-state index contributed by atoms with van der Waals surface area (Å²) in [7, 11) is 0. The van der Waals surface area contributed by atoms with Crippen molar-refractivity contribution >= 4 is 5.91 Å². The molecule has 2 heterocycles. The fraction of sp³-hybridized carbons (Fsp3) is 0.476. The molecule has 0 saturated carbocycles. The second kappa shape index (κ2) is 8.84. The summed E-state index contributed by atoms with van der Waals surface area (Å²) in [6, 6.07) is 3.53. The van der Waals surface area contributed by atoms with E-state index in [0.29, 0.717) is 17.8 Å². The lowest BCUT2D eigenvalue weighted by Gasteiger charge is -2.26. The minimum Gasteiger partial charge on any atom is -0.379 e. The largest absolute Gasteiger partial charge is 0.379 e. The topological polar surface area (TPSA) is 46.5 Å². The average molecular weight is 391 g/mol. The Hall–Kier alpha value is -2.25. The molecule has 1 aliphatic rings. The molecule has 0 atom stereocenters. The normalized spacial score (nSPS) is 15.0. The molecular weight excluding hydrogens is 364 g/mol. The van der Waals surface area contributed by atoms with E-state index < -0.39 is 11.6 Å². The number of aromatic nitrogens is 1. The molecule has 152 valence electrons. The zero-order valence-electron chi connectivity index (χ0n) is 16.6. The average Bonchev–Trinajstić information content (AvgIpc) is 2.88. The molecule has 1 saturated heterocycles. The van der Waals surface area contributed by atoms with E-state index in [4.69, 9.17) is 4.74 Å². The van der Waals surface area contributed by atoms with E-state index in [1.54, 1.807) is 0 Å². The SMILES string of the molecule is Cc1c(C)c(C(=O)NCCN2CCOCC2)n(Cc2ccc(F)cc2F)c1C. The van der Waals surface area contributed by atoms with Crippen LogP contribution in [0.25, 0.3) is 0 Å². The number of amides is 1. The van der Waals surface area contributed by atoms with Gasteiger partial charge in [-0.15, -0.1) is 0 Å². The molecule has 2 aromatic rings. The molecule has 0 unspecified atom stereocenters. The monoisotopic (exact) mass is 391 g/mol. The van der Waals surface area contributed by atoms with Gasteiger partial charge in [-0.1, -0.05) is 6.07 Å². The molecule has 1 aliphatic heterocycles. The summed E-state index contributed by atoms with van der Waals surface area (Å²) in [4.78, 5) is 15.1. The van der Waals surface area contributed by atoms with Crippen LogP contribution >= 0.6 is 0 Å². The molecule has 28 heavy (non-hydrogen) atoms. The lowest BCUT2D eigenvalue weighted by molar-refractivity contribution is 0.0383. The second-order valence-electron chi connectivity index (χ2n) is 7.22. The number of morpholine rings is 1. The van der Waals surface area contributed by atoms with Gasteiger partial charge in [0.25, 0.3) is 5.91 Å². The Morgan fingerprint density at radius 2 is 1.86 bits per heavy atom. The first-order valence-electron chi connectivity index (χ1n) is 9.57. The predicted octanol–water partition coefficient (Wildman–Crippen LogP) is 2.80. The van der Waals surface area contributed by atoms with E-state index in [2.05, 4.69) is 10.2 Å². The Labute approximate surface area is 164 Å². The van der Waals surface area contributed by atoms with E-state index in [9.17, 15) is 13.6 Å². The molecule has 7 heteroatoms. The number of carbonyl (C=O) groups is 1. The smallest absolute Gasteiger partial charge is 0.268 e. The number of nitrogens with zero attached hydrogens (tertiary/aromatic N) is 2. The molecule has 0 spiro atoms. The van der Waals surface area contributed by atoms with Gasteiger partial charge in [-0.3, -0.25) is 9.69 Å². The fourth-order valence-electron chi connectivity index (χ4n) is 3.57. The van der Waals surface area contributed by atoms with Crippen molar-refractivity contribution < 1.29 is 18.3 Å². The van der Waals surface area contributed by atoms with Gasteiger partial charge < -0.3 is 14.6 Å². The summed E-state index contributed by atoms with van der Waals surface area (Å²) in [6.45, 7) is 10.4. The molecule has 1 fully saturated rings. The molecule has 1 aromatic heterocycles. The highest BCUT2D eigenvalue weighted by Gasteiger charge is 2.22. The number of hydrogen-bond donors (Lipinski definition) is 1. The molecular formula is C21H27F2N3O2. The highest BCUT2D eigenvalue weighted by Crippen LogP contribution is 2.23. The third-order valence-corrected chi connectivity index (χ3v) is 5.51. The number of nitrogens with one attached hydrogen (secondary N) is 1. The maximum absolute atomic E-state index is 14.1. The number of hydrogen-bond acceptors (Lipinski definition) is 3. The Balaban J connectivity index is 1.76. The van der Waals surface area contributed by atoms with Crippen LogP contribution in [0, 0.1) is 32.4 Å². The zero-order chi connectivity index (χ0) is 20.3. The molecule has 0 radical (unpaired) electrons. The standard InChI is InChI=1S/C21H27F2N3O2/c1-14-15(2)20(21(27)24-6-7-25-8-10-28-11-9-25)26(16(14)3)13-17-4-5-18(22)12-19(17)23/h4-5,12H,6-11,13H2,1-3H3,(H,24,27). The van der Waals surface area contributed by atoms with Gasteiger partial charge in [-0.05, 0) is 38.0 Å². The summed E-state index contributed by atoms with van der Waals surface area (Å²) in [5, 5.41) is 2.98. The third-order valence-electron chi connectivity index (χ3n) is 5.51. The van der Waals surface area contributed by atoms with Crippen molar-refractivity contribution in [3.05, 3.63) is 57.9 Å². The van der Waals surface area contributed by atoms with Gasteiger partial charge in [-0.2, -0.15) is 0 Å². The van der Waals surface area contributed by atoms with E-state index in [1.807, 2.05) is 25.3 Å². The van der Waals surface area contributed by atoms with Crippen LogP contribution in [0.15, 0.2) is 18.2 Å². The van der Waals surface area contributed by atoms with Crippen LogP contribution in [0.4, 0.5) is 8.78 Å². The number of ether oxygens (including phenoxy) is 1. The third kappa shape index (κ3) is 4.42. The Morgan fingerprint density at radius 3 is 2.54 bits per heavy atom. The zero-order valence-corrected chi connectivity index (χ0v) is 16.6. The van der Waals surface area contributed by atoms with Gasteiger partial charge in [0.15, 0.2) is 0 Å². The fourth-order valence-corrected chi connectivity index (χ4v) is 3.57. The Bertz CT molecular complexity index is 858. The second-order valence-corrected chi connectivity index (χ2v) is 7.22. The number of rotatable bonds is 6. The van der Waals surface area contributed by atoms with E-state index in [0.717, 1.165) is 55.7 Å². The van der Waals surface area contributed by atoms with Crippen LogP contribution in [0.3, 0.4) is 0 Å². The quantitative estimate of drug-likeness (QED) is 0.824. The summed E-state index contributed by atoms with van der Waals surface area (Å²) in [5.74, 6) is -1.40. The van der Waals surface area contributed by atoms with Gasteiger partial charge in [-0.25, -0.2) is 8.78 Å². The van der Waals surface area contributed by atoms with Crippen LogP contribution in [-0.4, -0.2) is 54.8 Å². The van der Waals surface area contributed by atoms with Crippen molar-refractivity contribution in [2.75, 3.05) is 39.4 Å². The van der Waals surface area contributed by atoms with Crippen molar-refractivity contribution in [3.63, 3.8) is 0 Å². The van der Waals surface area contributed by atoms with Crippen LogP contribution in [0.1, 0.15) is 32.9 Å². The maximum atomic E-state index is 14.1. The molecule has 3 rings (SSSR count). The first-order valence-corrected chi connectivity index (χ1v) is 9.57. The first kappa shape index (κ1) is 20.5. The van der Waals surface area contributed by atoms with Gasteiger partial charge in [0.2, 0.25) is 0 Å². The first-order chi connectivity index (χ1) is 13.4. The maximum Gasteiger partial charge on any atom is 0.268 e. The molecule has 1 aromatic carbocycles. The van der Waals surface area contributed by atoms with E-state index >= 15 is 0 Å². The number of benzene rings is 1. The van der Waals surface area contributed by atoms with Crippen LogP contribution in [0.2, 0.25) is 0 Å². The lowest BCUT2D eigenvalue weighted by Crippen LogP contribution is -2.41. The van der Waals surface area contributed by atoms with Crippen molar-refractivity contribution in [1.82, 2.24) is 14.8 Å². The van der Waals surface area contributed by atoms with Crippen LogP contribution in [0.5, 0.6) is 0 Å². The lowest BCUT2D eigenvalue weighted by atomic mass is 10.1. The van der Waals surface area contributed by atoms with Gasteiger partial charge >= 0.3 is 0 Å². The minimum absolute atomic E-state index is 0.176. The van der Waals surface area contributed by atoms with Crippen molar-refractivity contribution in [3.8, 4) is 0 Å². The number of carbonyl (C=O) groups excluding carboxylic acids is 1. The highest BCUT2D eigenvalue weighted by molar-refractivity contribution is 5.95. The molecule has 0 bridgehead atoms. The van der Waals surface area contributed by atoms with Crippen LogP contribution < -0.4 is 5.32 Å². The summed E-state index contributed by atoms with van der Waals surface area (Å²) in [6.07, 6.45) is 0. The minimum atomic E-state index is -0.612. The summed E-state index contributed by atoms with van der Waals surface area (Å²) in [5.41, 5.74) is 3.66. The summed E-state index contributed by atoms with van der Waals surface area (Å²) < 4.78 is 34.5. The van der Waals surface area contributed by atoms with Gasteiger partial charge in [0.05, 0.1) is 19.8 Å². The number of halogens is 2.